The zero-order valence-corrected chi connectivity index (χ0v) is 13.8. The van der Waals surface area contributed by atoms with Crippen molar-refractivity contribution < 1.29 is 4.74 Å². The average Bonchev–Trinajstić information content (AvgIpc) is 2.41. The molecule has 0 aliphatic rings. The third-order valence-electron chi connectivity index (χ3n) is 3.16. The first-order chi connectivity index (χ1) is 9.90. The molecule has 0 saturated carbocycles. The maximum absolute atomic E-state index is 6.27. The molecule has 0 fully saturated rings. The molecule has 0 atom stereocenters. The van der Waals surface area contributed by atoms with E-state index in [4.69, 9.17) is 34.3 Å². The minimum atomic E-state index is 0.258. The third kappa shape index (κ3) is 3.52. The number of hydrogen-bond acceptors (Lipinski definition) is 3. The quantitative estimate of drug-likeness (QED) is 0.837. The van der Waals surface area contributed by atoms with Crippen LogP contribution in [0.2, 0.25) is 5.02 Å². The van der Waals surface area contributed by atoms with E-state index in [2.05, 4.69) is 18.8 Å². The van der Waals surface area contributed by atoms with Gasteiger partial charge < -0.3 is 10.5 Å². The summed E-state index contributed by atoms with van der Waals surface area (Å²) in [5, 5.41) is 0.741. The van der Waals surface area contributed by atoms with Crippen LogP contribution in [0, 0.1) is 6.92 Å². The molecule has 0 amide bonds. The molecule has 0 spiro atoms. The van der Waals surface area contributed by atoms with Crippen molar-refractivity contribution >= 4 is 28.8 Å². The van der Waals surface area contributed by atoms with Gasteiger partial charge in [0.05, 0.1) is 5.56 Å². The number of aryl methyl sites for hydroxylation is 1. The highest BCUT2D eigenvalue weighted by molar-refractivity contribution is 7.80. The Morgan fingerprint density at radius 1 is 1.38 bits per heavy atom. The Kier molecular flexibility index (Phi) is 4.80. The van der Waals surface area contributed by atoms with Gasteiger partial charge in [0, 0.05) is 11.2 Å². The molecule has 3 nitrogen and oxygen atoms in total. The van der Waals surface area contributed by atoms with Crippen molar-refractivity contribution in [3.05, 3.63) is 52.2 Å². The van der Waals surface area contributed by atoms with Gasteiger partial charge in [-0.2, -0.15) is 0 Å². The monoisotopic (exact) mass is 320 g/mol. The normalized spacial score (nSPS) is 10.7. The lowest BCUT2D eigenvalue weighted by atomic mass is 10.0. The summed E-state index contributed by atoms with van der Waals surface area (Å²) in [6, 6.07) is 7.41. The first-order valence-electron chi connectivity index (χ1n) is 6.63. The molecule has 1 aromatic heterocycles. The van der Waals surface area contributed by atoms with Gasteiger partial charge in [0.1, 0.15) is 10.7 Å². The van der Waals surface area contributed by atoms with E-state index in [1.807, 2.05) is 19.1 Å². The molecule has 2 aromatic rings. The number of benzene rings is 1. The number of ether oxygens (including phenoxy) is 1. The van der Waals surface area contributed by atoms with Gasteiger partial charge in [-0.25, -0.2) is 4.98 Å². The van der Waals surface area contributed by atoms with Crippen LogP contribution in [0.5, 0.6) is 11.6 Å². The van der Waals surface area contributed by atoms with E-state index in [9.17, 15) is 0 Å². The molecule has 1 aromatic carbocycles. The third-order valence-corrected chi connectivity index (χ3v) is 3.71. The van der Waals surface area contributed by atoms with Gasteiger partial charge in [-0.15, -0.1) is 0 Å². The van der Waals surface area contributed by atoms with Crippen molar-refractivity contribution in [2.24, 2.45) is 5.73 Å². The van der Waals surface area contributed by atoms with E-state index in [0.29, 0.717) is 23.1 Å². The number of nitrogens with zero attached hydrogens (tertiary/aromatic N) is 1. The van der Waals surface area contributed by atoms with Crippen molar-refractivity contribution in [3.63, 3.8) is 0 Å². The summed E-state index contributed by atoms with van der Waals surface area (Å²) in [6.45, 7) is 6.11. The Morgan fingerprint density at radius 2 is 2.10 bits per heavy atom. The smallest absolute Gasteiger partial charge is 0.229 e. The summed E-state index contributed by atoms with van der Waals surface area (Å²) in [5.41, 5.74) is 8.28. The lowest BCUT2D eigenvalue weighted by Crippen LogP contribution is -2.11. The average molecular weight is 321 g/mol. The van der Waals surface area contributed by atoms with Crippen molar-refractivity contribution in [2.75, 3.05) is 0 Å². The number of nitrogens with two attached hydrogens (primary N) is 1. The molecule has 2 rings (SSSR count). The molecule has 0 bridgehead atoms. The largest absolute Gasteiger partial charge is 0.438 e. The Labute approximate surface area is 135 Å². The summed E-state index contributed by atoms with van der Waals surface area (Å²) in [6.07, 6.45) is 1.64. The predicted molar refractivity (Wildman–Crippen MR) is 90.5 cm³/mol. The Bertz CT molecular complexity index is 686. The second-order valence-corrected chi connectivity index (χ2v) is 5.96. The van der Waals surface area contributed by atoms with E-state index in [1.54, 1.807) is 18.3 Å². The van der Waals surface area contributed by atoms with Gasteiger partial charge in [0.25, 0.3) is 0 Å². The number of thiocarbonyl (C=S) groups is 1. The van der Waals surface area contributed by atoms with Crippen LogP contribution in [0.4, 0.5) is 0 Å². The lowest BCUT2D eigenvalue weighted by molar-refractivity contribution is 0.457. The predicted octanol–water partition coefficient (Wildman–Crippen LogP) is 4.59. The van der Waals surface area contributed by atoms with Gasteiger partial charge in [0.2, 0.25) is 5.88 Å². The van der Waals surface area contributed by atoms with Crippen LogP contribution < -0.4 is 10.5 Å². The molecule has 5 heteroatoms. The van der Waals surface area contributed by atoms with Crippen LogP contribution in [0.1, 0.15) is 36.5 Å². The molecule has 0 aliphatic carbocycles. The Hall–Kier alpha value is -1.65. The fourth-order valence-corrected chi connectivity index (χ4v) is 2.58. The number of aromatic nitrogens is 1. The second-order valence-electron chi connectivity index (χ2n) is 5.12. The van der Waals surface area contributed by atoms with Crippen LogP contribution in [0.25, 0.3) is 0 Å². The fraction of sp³-hybridized carbons (Fsp3) is 0.250. The minimum Gasteiger partial charge on any atom is -0.438 e. The van der Waals surface area contributed by atoms with Crippen LogP contribution >= 0.6 is 23.8 Å². The molecule has 21 heavy (non-hydrogen) atoms. The topological polar surface area (TPSA) is 48.1 Å². The minimum absolute atomic E-state index is 0.258. The SMILES string of the molecule is Cc1cc(Cl)c(C(C)C)cc1Oc1ncccc1C(N)=S. The van der Waals surface area contributed by atoms with Crippen LogP contribution in [0.15, 0.2) is 30.5 Å². The molecule has 110 valence electrons. The van der Waals surface area contributed by atoms with Gasteiger partial charge in [-0.3, -0.25) is 0 Å². The molecule has 0 unspecified atom stereocenters. The zero-order chi connectivity index (χ0) is 15.6. The van der Waals surface area contributed by atoms with Crippen molar-refractivity contribution in [1.82, 2.24) is 4.98 Å². The van der Waals surface area contributed by atoms with E-state index in [0.717, 1.165) is 16.1 Å². The molecular weight excluding hydrogens is 304 g/mol. The van der Waals surface area contributed by atoms with Gasteiger partial charge in [0.15, 0.2) is 0 Å². The van der Waals surface area contributed by atoms with Crippen LogP contribution in [0.3, 0.4) is 0 Å². The number of pyridine rings is 1. The first kappa shape index (κ1) is 15.7. The summed E-state index contributed by atoms with van der Waals surface area (Å²) >= 11 is 11.3. The lowest BCUT2D eigenvalue weighted by Gasteiger charge is -2.15. The summed E-state index contributed by atoms with van der Waals surface area (Å²) in [5.74, 6) is 1.42. The number of hydrogen-bond donors (Lipinski definition) is 1. The summed E-state index contributed by atoms with van der Waals surface area (Å²) in [4.78, 5) is 4.47. The van der Waals surface area contributed by atoms with E-state index >= 15 is 0 Å². The van der Waals surface area contributed by atoms with E-state index in [1.165, 1.54) is 0 Å². The molecule has 2 N–H and O–H groups in total. The van der Waals surface area contributed by atoms with Crippen LogP contribution in [-0.4, -0.2) is 9.97 Å². The molecule has 1 heterocycles. The maximum atomic E-state index is 6.27. The van der Waals surface area contributed by atoms with Gasteiger partial charge in [-0.1, -0.05) is 37.7 Å². The molecule has 0 saturated heterocycles. The fourth-order valence-electron chi connectivity index (χ4n) is 1.98. The van der Waals surface area contributed by atoms with Gasteiger partial charge >= 0.3 is 0 Å². The highest BCUT2D eigenvalue weighted by Gasteiger charge is 2.13. The van der Waals surface area contributed by atoms with Crippen molar-refractivity contribution in [3.8, 4) is 11.6 Å². The first-order valence-corrected chi connectivity index (χ1v) is 7.41. The van der Waals surface area contributed by atoms with Gasteiger partial charge in [-0.05, 0) is 48.2 Å². The molecule has 0 radical (unpaired) electrons. The zero-order valence-electron chi connectivity index (χ0n) is 12.2. The summed E-state index contributed by atoms with van der Waals surface area (Å²) < 4.78 is 5.91. The Balaban J connectivity index is 2.45. The highest BCUT2D eigenvalue weighted by Crippen LogP contribution is 2.34. The standard InChI is InChI=1S/C16H17ClN2OS/c1-9(2)12-8-14(10(3)7-13(12)17)20-16-11(15(18)21)5-4-6-19-16/h4-9H,1-3H3,(H2,18,21). The highest BCUT2D eigenvalue weighted by atomic mass is 35.5. The maximum Gasteiger partial charge on any atom is 0.229 e. The van der Waals surface area contributed by atoms with E-state index in [-0.39, 0.29) is 4.99 Å². The molecular formula is C16H17ClN2OS. The van der Waals surface area contributed by atoms with Crippen molar-refractivity contribution in [1.29, 1.82) is 0 Å². The number of halogens is 1. The number of rotatable bonds is 4. The van der Waals surface area contributed by atoms with E-state index < -0.39 is 0 Å². The van der Waals surface area contributed by atoms with Crippen LogP contribution in [-0.2, 0) is 0 Å². The Morgan fingerprint density at radius 3 is 2.71 bits per heavy atom. The second kappa shape index (κ2) is 6.41. The molecule has 0 aliphatic heterocycles. The van der Waals surface area contributed by atoms with Crippen molar-refractivity contribution in [2.45, 2.75) is 26.7 Å². The summed E-state index contributed by atoms with van der Waals surface area (Å²) in [7, 11) is 0.